The van der Waals surface area contributed by atoms with Gasteiger partial charge in [-0.3, -0.25) is 4.68 Å². The van der Waals surface area contributed by atoms with E-state index in [4.69, 9.17) is 5.73 Å². The number of nitrogens with two attached hydrogens (primary N) is 1. The molecule has 0 aliphatic carbocycles. The van der Waals surface area contributed by atoms with Crippen LogP contribution in [-0.2, 0) is 12.0 Å². The maximum absolute atomic E-state index is 5.71. The Bertz CT molecular complexity index is 268. The van der Waals surface area contributed by atoms with Gasteiger partial charge in [0.15, 0.2) is 0 Å². The molecule has 3 nitrogen and oxygen atoms in total. The molecule has 1 aromatic rings. The summed E-state index contributed by atoms with van der Waals surface area (Å²) in [6.07, 6.45) is 4.87. The van der Waals surface area contributed by atoms with E-state index in [1.807, 2.05) is 17.8 Å². The molecule has 0 aliphatic heterocycles. The number of rotatable bonds is 2. The lowest BCUT2D eigenvalue weighted by molar-refractivity contribution is 0.355. The second-order valence-corrected chi connectivity index (χ2v) is 4.65. The average molecular weight is 181 g/mol. The van der Waals surface area contributed by atoms with Crippen LogP contribution in [0, 0.1) is 0 Å². The number of nitrogens with zero attached hydrogens (tertiary/aromatic N) is 2. The largest absolute Gasteiger partial charge is 0.328 e. The summed E-state index contributed by atoms with van der Waals surface area (Å²) in [5.41, 5.74) is 6.98. The average Bonchev–Trinajstić information content (AvgIpc) is 2.32. The van der Waals surface area contributed by atoms with Crippen LogP contribution in [0.3, 0.4) is 0 Å². The first-order valence-corrected chi connectivity index (χ1v) is 4.69. The quantitative estimate of drug-likeness (QED) is 0.752. The van der Waals surface area contributed by atoms with Crippen LogP contribution in [0.5, 0.6) is 0 Å². The van der Waals surface area contributed by atoms with Crippen LogP contribution in [-0.4, -0.2) is 15.8 Å². The second-order valence-electron chi connectivity index (χ2n) is 4.65. The molecule has 1 atom stereocenters. The van der Waals surface area contributed by atoms with Crippen LogP contribution in [0.2, 0.25) is 0 Å². The maximum atomic E-state index is 5.71. The highest BCUT2D eigenvalue weighted by atomic mass is 15.3. The van der Waals surface area contributed by atoms with Gasteiger partial charge in [-0.25, -0.2) is 0 Å². The first-order valence-electron chi connectivity index (χ1n) is 4.69. The van der Waals surface area contributed by atoms with Crippen molar-refractivity contribution in [2.24, 2.45) is 5.73 Å². The van der Waals surface area contributed by atoms with Crippen molar-refractivity contribution in [2.75, 3.05) is 0 Å². The Labute approximate surface area is 79.9 Å². The highest BCUT2D eigenvalue weighted by Crippen LogP contribution is 2.13. The lowest BCUT2D eigenvalue weighted by Gasteiger charge is -2.18. The SMILES string of the molecule is C[C@@H](N)Cc1cnn(C(C)(C)C)c1. The molecule has 0 radical (unpaired) electrons. The predicted molar refractivity (Wildman–Crippen MR) is 54.6 cm³/mol. The lowest BCUT2D eigenvalue weighted by Crippen LogP contribution is -2.22. The van der Waals surface area contributed by atoms with Crippen molar-refractivity contribution in [3.63, 3.8) is 0 Å². The van der Waals surface area contributed by atoms with E-state index in [1.54, 1.807) is 0 Å². The number of hydrogen-bond acceptors (Lipinski definition) is 2. The van der Waals surface area contributed by atoms with E-state index in [2.05, 4.69) is 32.1 Å². The van der Waals surface area contributed by atoms with Crippen molar-refractivity contribution < 1.29 is 0 Å². The standard InChI is InChI=1S/C10H19N3/c1-8(11)5-9-6-12-13(7-9)10(2,3)4/h6-8H,5,11H2,1-4H3/t8-/m1/s1. The Morgan fingerprint density at radius 1 is 1.54 bits per heavy atom. The molecule has 1 heterocycles. The molecule has 0 amide bonds. The second kappa shape index (κ2) is 3.50. The summed E-state index contributed by atoms with van der Waals surface area (Å²) in [5, 5.41) is 4.30. The third-order valence-corrected chi connectivity index (χ3v) is 1.88. The van der Waals surface area contributed by atoms with Gasteiger partial charge in [0, 0.05) is 12.2 Å². The zero-order chi connectivity index (χ0) is 10.1. The third-order valence-electron chi connectivity index (χ3n) is 1.88. The molecule has 1 rings (SSSR count). The number of aromatic nitrogens is 2. The highest BCUT2D eigenvalue weighted by Gasteiger charge is 2.13. The van der Waals surface area contributed by atoms with E-state index in [1.165, 1.54) is 5.56 Å². The summed E-state index contributed by atoms with van der Waals surface area (Å²) in [4.78, 5) is 0. The van der Waals surface area contributed by atoms with E-state index in [0.29, 0.717) is 0 Å². The molecule has 2 N–H and O–H groups in total. The third kappa shape index (κ3) is 2.84. The number of hydrogen-bond donors (Lipinski definition) is 1. The van der Waals surface area contributed by atoms with Crippen LogP contribution in [0.1, 0.15) is 33.3 Å². The lowest BCUT2D eigenvalue weighted by atomic mass is 10.1. The molecule has 3 heteroatoms. The van der Waals surface area contributed by atoms with Crippen molar-refractivity contribution in [2.45, 2.75) is 45.7 Å². The van der Waals surface area contributed by atoms with Gasteiger partial charge in [0.2, 0.25) is 0 Å². The smallest absolute Gasteiger partial charge is 0.0543 e. The van der Waals surface area contributed by atoms with E-state index < -0.39 is 0 Å². The topological polar surface area (TPSA) is 43.8 Å². The Hall–Kier alpha value is -0.830. The molecule has 0 saturated carbocycles. The molecule has 0 fully saturated rings. The molecule has 0 saturated heterocycles. The molecule has 0 aromatic carbocycles. The molecule has 0 unspecified atom stereocenters. The summed E-state index contributed by atoms with van der Waals surface area (Å²) < 4.78 is 1.98. The van der Waals surface area contributed by atoms with E-state index in [0.717, 1.165) is 6.42 Å². The molecular weight excluding hydrogens is 162 g/mol. The van der Waals surface area contributed by atoms with Crippen molar-refractivity contribution >= 4 is 0 Å². The fourth-order valence-electron chi connectivity index (χ4n) is 1.20. The van der Waals surface area contributed by atoms with E-state index in [9.17, 15) is 0 Å². The van der Waals surface area contributed by atoms with Crippen LogP contribution in [0.4, 0.5) is 0 Å². The Morgan fingerprint density at radius 3 is 2.54 bits per heavy atom. The van der Waals surface area contributed by atoms with Crippen molar-refractivity contribution in [1.29, 1.82) is 0 Å². The van der Waals surface area contributed by atoms with Crippen molar-refractivity contribution in [3.8, 4) is 0 Å². The summed E-state index contributed by atoms with van der Waals surface area (Å²) in [6, 6.07) is 0.206. The van der Waals surface area contributed by atoms with Gasteiger partial charge in [-0.2, -0.15) is 5.10 Å². The van der Waals surface area contributed by atoms with Gasteiger partial charge in [-0.05, 0) is 39.7 Å². The van der Waals surface area contributed by atoms with Crippen LogP contribution in [0.15, 0.2) is 12.4 Å². The zero-order valence-corrected chi connectivity index (χ0v) is 8.91. The first kappa shape index (κ1) is 10.3. The van der Waals surface area contributed by atoms with E-state index in [-0.39, 0.29) is 11.6 Å². The normalized spacial score (nSPS) is 14.5. The molecule has 0 bridgehead atoms. The maximum Gasteiger partial charge on any atom is 0.0543 e. The summed E-state index contributed by atoms with van der Waals surface area (Å²) in [6.45, 7) is 8.41. The molecule has 0 spiro atoms. The first-order chi connectivity index (χ1) is 5.89. The predicted octanol–water partition coefficient (Wildman–Crippen LogP) is 1.53. The molecule has 1 aromatic heterocycles. The molecule has 74 valence electrons. The monoisotopic (exact) mass is 181 g/mol. The molecule has 0 aliphatic rings. The summed E-state index contributed by atoms with van der Waals surface area (Å²) in [7, 11) is 0. The van der Waals surface area contributed by atoms with Crippen molar-refractivity contribution in [3.05, 3.63) is 18.0 Å². The summed E-state index contributed by atoms with van der Waals surface area (Å²) >= 11 is 0. The minimum atomic E-state index is 0.0656. The molecular formula is C10H19N3. The van der Waals surface area contributed by atoms with Gasteiger partial charge in [-0.15, -0.1) is 0 Å². The van der Waals surface area contributed by atoms with Gasteiger partial charge in [0.1, 0.15) is 0 Å². The highest BCUT2D eigenvalue weighted by molar-refractivity contribution is 5.06. The van der Waals surface area contributed by atoms with Crippen LogP contribution < -0.4 is 5.73 Å². The Balaban J connectivity index is 2.75. The van der Waals surface area contributed by atoms with Crippen molar-refractivity contribution in [1.82, 2.24) is 9.78 Å². The molecule has 13 heavy (non-hydrogen) atoms. The minimum Gasteiger partial charge on any atom is -0.328 e. The van der Waals surface area contributed by atoms with Gasteiger partial charge in [0.05, 0.1) is 11.7 Å². The van der Waals surface area contributed by atoms with Crippen LogP contribution >= 0.6 is 0 Å². The zero-order valence-electron chi connectivity index (χ0n) is 8.91. The fraction of sp³-hybridized carbons (Fsp3) is 0.700. The Kier molecular flexibility index (Phi) is 2.76. The summed E-state index contributed by atoms with van der Waals surface area (Å²) in [5.74, 6) is 0. The fourth-order valence-corrected chi connectivity index (χ4v) is 1.20. The van der Waals surface area contributed by atoms with Gasteiger partial charge < -0.3 is 5.73 Å². The van der Waals surface area contributed by atoms with E-state index >= 15 is 0 Å². The minimum absolute atomic E-state index is 0.0656. The van der Waals surface area contributed by atoms with Crippen LogP contribution in [0.25, 0.3) is 0 Å². The van der Waals surface area contributed by atoms with Gasteiger partial charge in [0.25, 0.3) is 0 Å². The Morgan fingerprint density at radius 2 is 2.15 bits per heavy atom. The van der Waals surface area contributed by atoms with Gasteiger partial charge in [-0.1, -0.05) is 0 Å². The van der Waals surface area contributed by atoms with Gasteiger partial charge >= 0.3 is 0 Å².